The maximum absolute atomic E-state index is 5.25. The van der Waals surface area contributed by atoms with E-state index in [4.69, 9.17) is 4.98 Å². The number of pyridine rings is 1. The third kappa shape index (κ3) is 2.63. The van der Waals surface area contributed by atoms with E-state index in [2.05, 4.69) is 101 Å². The molecule has 0 spiro atoms. The van der Waals surface area contributed by atoms with E-state index in [0.717, 1.165) is 23.9 Å². The Morgan fingerprint density at radius 1 is 0.655 bits per heavy atom. The van der Waals surface area contributed by atoms with Crippen LogP contribution < -0.4 is 0 Å². The lowest BCUT2D eigenvalue weighted by atomic mass is 9.90. The minimum absolute atomic E-state index is 1.05. The number of hydrogen-bond donors (Lipinski definition) is 0. The molecule has 0 N–H and O–H groups in total. The first-order valence-corrected chi connectivity index (χ1v) is 10.8. The first-order valence-electron chi connectivity index (χ1n) is 9.99. The second-order valence-electron chi connectivity index (χ2n) is 7.64. The monoisotopic (exact) mass is 435 g/mol. The molecule has 0 aliphatic heterocycles. The fraction of sp³-hybridized carbons (Fsp3) is 0.0741. The number of benzene rings is 4. The molecule has 1 aromatic heterocycles. The predicted octanol–water partition coefficient (Wildman–Crippen LogP) is 8.15. The van der Waals surface area contributed by atoms with Crippen LogP contribution in [-0.4, -0.2) is 4.98 Å². The molecule has 0 saturated carbocycles. The molecule has 0 radical (unpaired) electrons. The maximum Gasteiger partial charge on any atom is 0.0794 e. The largest absolute Gasteiger partial charge is 0.246 e. The zero-order chi connectivity index (χ0) is 19.4. The van der Waals surface area contributed by atoms with E-state index in [-0.39, 0.29) is 0 Å². The summed E-state index contributed by atoms with van der Waals surface area (Å²) in [5.74, 6) is 0. The molecule has 0 saturated heterocycles. The van der Waals surface area contributed by atoms with Crippen molar-refractivity contribution >= 4 is 64.9 Å². The quantitative estimate of drug-likeness (QED) is 0.191. The highest BCUT2D eigenvalue weighted by molar-refractivity contribution is 9.11. The van der Waals surface area contributed by atoms with Crippen molar-refractivity contribution in [1.29, 1.82) is 0 Å². The number of halogens is 1. The topological polar surface area (TPSA) is 12.9 Å². The van der Waals surface area contributed by atoms with E-state index in [1.807, 2.05) is 0 Å². The van der Waals surface area contributed by atoms with E-state index >= 15 is 0 Å². The average Bonchev–Trinajstić information content (AvgIpc) is 2.77. The van der Waals surface area contributed by atoms with Crippen LogP contribution in [0.25, 0.3) is 48.9 Å². The van der Waals surface area contributed by atoms with E-state index in [0.29, 0.717) is 0 Å². The number of hydrogen-bond acceptors (Lipinski definition) is 1. The second-order valence-corrected chi connectivity index (χ2v) is 8.66. The highest BCUT2D eigenvalue weighted by atomic mass is 79.9. The third-order valence-corrected chi connectivity index (χ3v) is 6.54. The number of fused-ring (bicyclic) bond motifs is 6. The van der Waals surface area contributed by atoms with Crippen LogP contribution in [0.15, 0.2) is 89.4 Å². The molecule has 6 rings (SSSR count). The highest BCUT2D eigenvalue weighted by Crippen LogP contribution is 2.40. The standard InChI is InChI=1S/C27H18BrN/c28-20-9-5-8-19(16-20)25-23-14-12-17-6-1-3-10-21(17)26(23)29-27-22-11-4-2-7-18(22)13-15-24(25)27/h1-4,6-8,10-16H,5,9H2. The molecule has 0 bridgehead atoms. The van der Waals surface area contributed by atoms with Gasteiger partial charge >= 0.3 is 0 Å². The van der Waals surface area contributed by atoms with Crippen LogP contribution in [0, 0.1) is 0 Å². The van der Waals surface area contributed by atoms with Crippen LogP contribution >= 0.6 is 15.9 Å². The van der Waals surface area contributed by atoms with E-state index in [1.54, 1.807) is 0 Å². The van der Waals surface area contributed by atoms with Crippen molar-refractivity contribution in [1.82, 2.24) is 4.98 Å². The first-order chi connectivity index (χ1) is 14.3. The first kappa shape index (κ1) is 16.9. The van der Waals surface area contributed by atoms with Gasteiger partial charge in [0.05, 0.1) is 11.0 Å². The second kappa shape index (κ2) is 6.53. The van der Waals surface area contributed by atoms with Gasteiger partial charge in [-0.15, -0.1) is 0 Å². The lowest BCUT2D eigenvalue weighted by molar-refractivity contribution is 1.03. The molecule has 2 heteroatoms. The summed E-state index contributed by atoms with van der Waals surface area (Å²) in [5.41, 5.74) is 4.74. The van der Waals surface area contributed by atoms with Crippen LogP contribution in [0.3, 0.4) is 0 Å². The Morgan fingerprint density at radius 2 is 1.24 bits per heavy atom. The fourth-order valence-corrected chi connectivity index (χ4v) is 5.04. The number of aromatic nitrogens is 1. The lowest BCUT2D eigenvalue weighted by Gasteiger charge is -2.17. The zero-order valence-electron chi connectivity index (χ0n) is 15.8. The van der Waals surface area contributed by atoms with Crippen molar-refractivity contribution in [3.05, 3.63) is 95.0 Å². The molecule has 1 aliphatic rings. The summed E-state index contributed by atoms with van der Waals surface area (Å²) in [6, 6.07) is 26.0. The summed E-state index contributed by atoms with van der Waals surface area (Å²) < 4.78 is 1.26. The molecule has 1 nitrogen and oxygen atoms in total. The van der Waals surface area contributed by atoms with Gasteiger partial charge in [-0.1, -0.05) is 94.8 Å². The Hall–Kier alpha value is -2.97. The molecular weight excluding hydrogens is 418 g/mol. The Kier molecular flexibility index (Phi) is 3.82. The van der Waals surface area contributed by atoms with Crippen molar-refractivity contribution in [3.8, 4) is 0 Å². The Morgan fingerprint density at radius 3 is 1.83 bits per heavy atom. The Balaban J connectivity index is 1.87. The van der Waals surface area contributed by atoms with Gasteiger partial charge in [0.25, 0.3) is 0 Å². The Labute approximate surface area is 177 Å². The van der Waals surface area contributed by atoms with Gasteiger partial charge < -0.3 is 0 Å². The van der Waals surface area contributed by atoms with Gasteiger partial charge in [0, 0.05) is 27.1 Å². The summed E-state index contributed by atoms with van der Waals surface area (Å²) in [4.78, 5) is 5.25. The molecule has 0 amide bonds. The number of rotatable bonds is 1. The van der Waals surface area contributed by atoms with Crippen LogP contribution in [0.5, 0.6) is 0 Å². The number of nitrogens with zero attached hydrogens (tertiary/aromatic N) is 1. The normalized spacial score (nSPS) is 14.5. The summed E-state index contributed by atoms with van der Waals surface area (Å²) >= 11 is 3.74. The molecule has 1 aliphatic carbocycles. The molecule has 1 heterocycles. The maximum atomic E-state index is 5.25. The van der Waals surface area contributed by atoms with Gasteiger partial charge in [0.1, 0.15) is 0 Å². The molecule has 138 valence electrons. The highest BCUT2D eigenvalue weighted by Gasteiger charge is 2.17. The molecule has 0 atom stereocenters. The van der Waals surface area contributed by atoms with E-state index < -0.39 is 0 Å². The summed E-state index contributed by atoms with van der Waals surface area (Å²) in [6.45, 7) is 0. The van der Waals surface area contributed by atoms with Crippen molar-refractivity contribution in [2.24, 2.45) is 0 Å². The van der Waals surface area contributed by atoms with Gasteiger partial charge in [-0.3, -0.25) is 0 Å². The molecule has 0 fully saturated rings. The minimum Gasteiger partial charge on any atom is -0.246 e. The van der Waals surface area contributed by atoms with Gasteiger partial charge in [0.2, 0.25) is 0 Å². The third-order valence-electron chi connectivity index (χ3n) is 5.91. The molecule has 0 unspecified atom stereocenters. The number of allylic oxidation sites excluding steroid dienone is 4. The molecule has 4 aromatic carbocycles. The van der Waals surface area contributed by atoms with Gasteiger partial charge in [-0.2, -0.15) is 0 Å². The zero-order valence-corrected chi connectivity index (χ0v) is 17.4. The van der Waals surface area contributed by atoms with Crippen molar-refractivity contribution in [2.45, 2.75) is 12.8 Å². The smallest absolute Gasteiger partial charge is 0.0794 e. The van der Waals surface area contributed by atoms with Crippen LogP contribution in [0.1, 0.15) is 18.4 Å². The molecule has 5 aromatic rings. The SMILES string of the molecule is BrC1=CC(c2c3ccc4ccccc4c3nc3c2ccc2ccccc23)=CCC1. The minimum atomic E-state index is 1.05. The van der Waals surface area contributed by atoms with Gasteiger partial charge in [-0.05, 0) is 39.7 Å². The van der Waals surface area contributed by atoms with E-state index in [9.17, 15) is 0 Å². The van der Waals surface area contributed by atoms with Crippen molar-refractivity contribution in [2.75, 3.05) is 0 Å². The molecular formula is C27H18BrN. The van der Waals surface area contributed by atoms with Crippen LogP contribution in [-0.2, 0) is 0 Å². The summed E-state index contributed by atoms with van der Waals surface area (Å²) in [6.07, 6.45) is 6.76. The van der Waals surface area contributed by atoms with Gasteiger partial charge in [0.15, 0.2) is 0 Å². The fourth-order valence-electron chi connectivity index (χ4n) is 4.56. The lowest BCUT2D eigenvalue weighted by Crippen LogP contribution is -1.96. The van der Waals surface area contributed by atoms with Crippen LogP contribution in [0.2, 0.25) is 0 Å². The Bertz CT molecular complexity index is 1410. The molecule has 29 heavy (non-hydrogen) atoms. The van der Waals surface area contributed by atoms with Crippen molar-refractivity contribution < 1.29 is 0 Å². The summed E-state index contributed by atoms with van der Waals surface area (Å²) in [5, 5.41) is 7.31. The average molecular weight is 436 g/mol. The van der Waals surface area contributed by atoms with Crippen LogP contribution in [0.4, 0.5) is 0 Å². The summed E-state index contributed by atoms with van der Waals surface area (Å²) in [7, 11) is 0. The van der Waals surface area contributed by atoms with Gasteiger partial charge in [-0.25, -0.2) is 4.98 Å². The van der Waals surface area contributed by atoms with E-state index in [1.165, 1.54) is 47.9 Å². The van der Waals surface area contributed by atoms with Crippen molar-refractivity contribution in [3.63, 3.8) is 0 Å². The predicted molar refractivity (Wildman–Crippen MR) is 128 cm³/mol.